The lowest BCUT2D eigenvalue weighted by atomic mass is 9.96. The van der Waals surface area contributed by atoms with Gasteiger partial charge in [-0.2, -0.15) is 0 Å². The van der Waals surface area contributed by atoms with Gasteiger partial charge in [-0.25, -0.2) is 9.97 Å². The van der Waals surface area contributed by atoms with E-state index in [1.807, 2.05) is 68.4 Å². The maximum atomic E-state index is 13.0. The number of fused-ring (bicyclic) bond motifs is 1. The molecule has 0 saturated carbocycles. The first-order valence-corrected chi connectivity index (χ1v) is 10.7. The van der Waals surface area contributed by atoms with Crippen molar-refractivity contribution in [2.45, 2.75) is 32.7 Å². The Kier molecular flexibility index (Phi) is 6.12. The Morgan fingerprint density at radius 3 is 2.57 bits per heavy atom. The molecule has 1 N–H and O–H groups in total. The van der Waals surface area contributed by atoms with Crippen molar-refractivity contribution in [3.8, 4) is 5.88 Å². The number of anilines is 1. The van der Waals surface area contributed by atoms with Gasteiger partial charge in [0.15, 0.2) is 5.82 Å². The van der Waals surface area contributed by atoms with Crippen LogP contribution >= 0.6 is 0 Å². The van der Waals surface area contributed by atoms with E-state index in [9.17, 15) is 4.79 Å². The van der Waals surface area contributed by atoms with Crippen LogP contribution in [0.2, 0.25) is 0 Å². The highest BCUT2D eigenvalue weighted by molar-refractivity contribution is 5.81. The van der Waals surface area contributed by atoms with Crippen LogP contribution in [0.3, 0.4) is 0 Å². The molecule has 1 aromatic heterocycles. The molecule has 6 heteroatoms. The van der Waals surface area contributed by atoms with E-state index in [-0.39, 0.29) is 17.9 Å². The molecule has 3 aromatic rings. The molecule has 0 aliphatic carbocycles. The van der Waals surface area contributed by atoms with Crippen molar-refractivity contribution in [2.75, 3.05) is 24.6 Å². The normalized spacial score (nSPS) is 17.5. The molecule has 2 atom stereocenters. The molecule has 2 unspecified atom stereocenters. The molecule has 0 bridgehead atoms. The van der Waals surface area contributed by atoms with E-state index in [1.165, 1.54) is 0 Å². The number of piperidine rings is 1. The highest BCUT2D eigenvalue weighted by atomic mass is 16.5. The number of hydrogen-bond donors (Lipinski definition) is 1. The van der Waals surface area contributed by atoms with Crippen molar-refractivity contribution in [1.29, 1.82) is 0 Å². The Labute approximate surface area is 177 Å². The predicted octanol–water partition coefficient (Wildman–Crippen LogP) is 4.12. The molecule has 4 rings (SSSR count). The van der Waals surface area contributed by atoms with Crippen molar-refractivity contribution in [3.05, 3.63) is 60.2 Å². The number of carbonyl (C=O) groups is 1. The van der Waals surface area contributed by atoms with E-state index in [4.69, 9.17) is 9.72 Å². The number of nitrogens with zero attached hydrogens (tertiary/aromatic N) is 3. The second-order valence-corrected chi connectivity index (χ2v) is 7.70. The van der Waals surface area contributed by atoms with Gasteiger partial charge in [-0.05, 0) is 44.4 Å². The largest absolute Gasteiger partial charge is 0.475 e. The number of amides is 1. The average molecular weight is 405 g/mol. The summed E-state index contributed by atoms with van der Waals surface area (Å²) in [6.07, 6.45) is 1.80. The maximum Gasteiger partial charge on any atom is 0.258 e. The number of hydrogen-bond acceptors (Lipinski definition) is 5. The smallest absolute Gasteiger partial charge is 0.258 e. The minimum absolute atomic E-state index is 0.0199. The van der Waals surface area contributed by atoms with Gasteiger partial charge < -0.3 is 15.0 Å². The van der Waals surface area contributed by atoms with E-state index in [1.54, 1.807) is 0 Å². The maximum absolute atomic E-state index is 13.0. The third kappa shape index (κ3) is 4.37. The van der Waals surface area contributed by atoms with Gasteiger partial charge in [0.1, 0.15) is 0 Å². The van der Waals surface area contributed by atoms with E-state index in [0.717, 1.165) is 41.8 Å². The topological polar surface area (TPSA) is 67.4 Å². The fourth-order valence-electron chi connectivity index (χ4n) is 3.95. The Bertz CT molecular complexity index is 1010. The third-order valence-corrected chi connectivity index (χ3v) is 5.55. The molecule has 6 nitrogen and oxygen atoms in total. The van der Waals surface area contributed by atoms with Gasteiger partial charge in [-0.15, -0.1) is 0 Å². The number of ether oxygens (including phenoxy) is 1. The van der Waals surface area contributed by atoms with E-state index < -0.39 is 0 Å². The molecule has 0 spiro atoms. The van der Waals surface area contributed by atoms with Crippen LogP contribution in [-0.4, -0.2) is 35.6 Å². The highest BCUT2D eigenvalue weighted by Gasteiger charge is 2.29. The van der Waals surface area contributed by atoms with Crippen molar-refractivity contribution >= 4 is 22.8 Å². The minimum atomic E-state index is -0.0901. The van der Waals surface area contributed by atoms with Crippen molar-refractivity contribution in [2.24, 2.45) is 5.92 Å². The van der Waals surface area contributed by atoms with Crippen LogP contribution in [0.15, 0.2) is 54.6 Å². The van der Waals surface area contributed by atoms with Gasteiger partial charge in [-0.3, -0.25) is 4.79 Å². The summed E-state index contributed by atoms with van der Waals surface area (Å²) in [5, 5.41) is 3.17. The Morgan fingerprint density at radius 2 is 1.83 bits per heavy atom. The fraction of sp³-hybridized carbons (Fsp3) is 0.375. The monoisotopic (exact) mass is 404 g/mol. The summed E-state index contributed by atoms with van der Waals surface area (Å²) in [5.41, 5.74) is 2.76. The van der Waals surface area contributed by atoms with Crippen LogP contribution in [0.1, 0.15) is 38.3 Å². The molecule has 1 fully saturated rings. The summed E-state index contributed by atoms with van der Waals surface area (Å²) < 4.78 is 5.80. The lowest BCUT2D eigenvalue weighted by Crippen LogP contribution is -2.44. The number of carbonyl (C=O) groups excluding carboxylic acids is 1. The predicted molar refractivity (Wildman–Crippen MR) is 119 cm³/mol. The van der Waals surface area contributed by atoms with Crippen LogP contribution in [0, 0.1) is 5.92 Å². The summed E-state index contributed by atoms with van der Waals surface area (Å²) in [7, 11) is 0. The van der Waals surface area contributed by atoms with Gasteiger partial charge in [0.2, 0.25) is 5.91 Å². The third-order valence-electron chi connectivity index (χ3n) is 5.55. The molecule has 1 aliphatic rings. The van der Waals surface area contributed by atoms with E-state index in [2.05, 4.69) is 15.2 Å². The summed E-state index contributed by atoms with van der Waals surface area (Å²) >= 11 is 0. The van der Waals surface area contributed by atoms with Crippen LogP contribution in [-0.2, 0) is 4.79 Å². The molecule has 1 saturated heterocycles. The average Bonchev–Trinajstić information content (AvgIpc) is 2.79. The van der Waals surface area contributed by atoms with Crippen molar-refractivity contribution in [3.63, 3.8) is 0 Å². The fourth-order valence-corrected chi connectivity index (χ4v) is 3.95. The molecule has 1 aliphatic heterocycles. The summed E-state index contributed by atoms with van der Waals surface area (Å²) in [6.45, 7) is 5.94. The van der Waals surface area contributed by atoms with Gasteiger partial charge in [0, 0.05) is 13.1 Å². The zero-order chi connectivity index (χ0) is 20.9. The lowest BCUT2D eigenvalue weighted by Gasteiger charge is -2.34. The quantitative estimate of drug-likeness (QED) is 0.669. The zero-order valence-electron chi connectivity index (χ0n) is 17.5. The second-order valence-electron chi connectivity index (χ2n) is 7.70. The Balaban J connectivity index is 1.52. The van der Waals surface area contributed by atoms with Crippen LogP contribution < -0.4 is 15.0 Å². The van der Waals surface area contributed by atoms with E-state index >= 15 is 0 Å². The first kappa shape index (κ1) is 20.1. The molecule has 156 valence electrons. The summed E-state index contributed by atoms with van der Waals surface area (Å²) in [6, 6.07) is 17.8. The van der Waals surface area contributed by atoms with Crippen molar-refractivity contribution < 1.29 is 9.53 Å². The van der Waals surface area contributed by atoms with Crippen molar-refractivity contribution in [1.82, 2.24) is 15.3 Å². The standard InChI is InChI=1S/C24H28N4O2/c1-3-30-24-22(26-20-13-7-8-14-21(20)27-24)28-15-9-12-19(16-28)23(29)25-17(2)18-10-5-4-6-11-18/h4-8,10-11,13-14,17,19H,3,9,12,15-16H2,1-2H3,(H,25,29). The molecule has 1 amide bonds. The summed E-state index contributed by atoms with van der Waals surface area (Å²) in [4.78, 5) is 24.6. The number of rotatable bonds is 6. The van der Waals surface area contributed by atoms with Crippen LogP contribution in [0.5, 0.6) is 5.88 Å². The van der Waals surface area contributed by atoms with E-state index in [0.29, 0.717) is 19.0 Å². The van der Waals surface area contributed by atoms with Crippen LogP contribution in [0.25, 0.3) is 11.0 Å². The number of para-hydroxylation sites is 2. The first-order chi connectivity index (χ1) is 14.7. The molecular weight excluding hydrogens is 376 g/mol. The summed E-state index contributed by atoms with van der Waals surface area (Å²) in [5.74, 6) is 1.26. The lowest BCUT2D eigenvalue weighted by molar-refractivity contribution is -0.125. The molecule has 0 radical (unpaired) electrons. The SMILES string of the molecule is CCOc1nc2ccccc2nc1N1CCCC(C(=O)NC(C)c2ccccc2)C1. The molecule has 30 heavy (non-hydrogen) atoms. The Hall–Kier alpha value is -3.15. The number of benzene rings is 2. The van der Waals surface area contributed by atoms with Crippen LogP contribution in [0.4, 0.5) is 5.82 Å². The van der Waals surface area contributed by atoms with Gasteiger partial charge >= 0.3 is 0 Å². The van der Waals surface area contributed by atoms with Gasteiger partial charge in [0.25, 0.3) is 5.88 Å². The number of aromatic nitrogens is 2. The molecular formula is C24H28N4O2. The second kappa shape index (κ2) is 9.11. The molecule has 2 aromatic carbocycles. The first-order valence-electron chi connectivity index (χ1n) is 10.7. The van der Waals surface area contributed by atoms with Gasteiger partial charge in [0.05, 0.1) is 29.6 Å². The minimum Gasteiger partial charge on any atom is -0.475 e. The zero-order valence-corrected chi connectivity index (χ0v) is 17.5. The highest BCUT2D eigenvalue weighted by Crippen LogP contribution is 2.31. The Morgan fingerprint density at radius 1 is 1.13 bits per heavy atom. The molecule has 2 heterocycles. The number of nitrogens with one attached hydrogen (secondary N) is 1. The van der Waals surface area contributed by atoms with Gasteiger partial charge in [-0.1, -0.05) is 42.5 Å².